The Kier molecular flexibility index (Phi) is 2.36. The molecule has 72 valence electrons. The van der Waals surface area contributed by atoms with Crippen molar-refractivity contribution in [2.24, 2.45) is 0 Å². The molecule has 1 aromatic heterocycles. The number of anilines is 1. The van der Waals surface area contributed by atoms with Crippen molar-refractivity contribution >= 4 is 28.3 Å². The van der Waals surface area contributed by atoms with Gasteiger partial charge in [0.2, 0.25) is 0 Å². The lowest BCUT2D eigenvalue weighted by molar-refractivity contribution is 0.719. The Balaban J connectivity index is 2.57. The van der Waals surface area contributed by atoms with Crippen molar-refractivity contribution in [2.45, 2.75) is 6.92 Å². The molecule has 0 aliphatic carbocycles. The molecule has 1 heterocycles. The van der Waals surface area contributed by atoms with E-state index in [-0.39, 0.29) is 0 Å². The van der Waals surface area contributed by atoms with E-state index in [1.165, 1.54) is 11.1 Å². The van der Waals surface area contributed by atoms with E-state index in [0.717, 1.165) is 20.5 Å². The van der Waals surface area contributed by atoms with E-state index < -0.39 is 0 Å². The molecule has 0 unspecified atom stereocenters. The first kappa shape index (κ1) is 9.38. The molecule has 0 fully saturated rings. The van der Waals surface area contributed by atoms with Gasteiger partial charge in [-0.1, -0.05) is 0 Å². The van der Waals surface area contributed by atoms with Crippen molar-refractivity contribution in [3.63, 3.8) is 0 Å². The molecular formula is C8H8IN5. The van der Waals surface area contributed by atoms with Crippen molar-refractivity contribution in [2.75, 3.05) is 5.73 Å². The number of rotatable bonds is 1. The third-order valence-electron chi connectivity index (χ3n) is 1.90. The maximum Gasteiger partial charge on any atom is 0.162 e. The molecule has 0 atom stereocenters. The van der Waals surface area contributed by atoms with Crippen molar-refractivity contribution in [1.82, 2.24) is 20.2 Å². The summed E-state index contributed by atoms with van der Waals surface area (Å²) in [6.07, 6.45) is 1.40. The van der Waals surface area contributed by atoms with Crippen molar-refractivity contribution in [1.29, 1.82) is 0 Å². The van der Waals surface area contributed by atoms with Crippen molar-refractivity contribution in [3.8, 4) is 5.69 Å². The number of aromatic nitrogens is 4. The summed E-state index contributed by atoms with van der Waals surface area (Å²) in [5, 5.41) is 11.4. The number of aryl methyl sites for hydroxylation is 1. The molecule has 1 aromatic carbocycles. The summed E-state index contributed by atoms with van der Waals surface area (Å²) in [6.45, 7) is 1.96. The van der Waals surface area contributed by atoms with Gasteiger partial charge in [-0.15, -0.1) is 15.0 Å². The number of nitrogens with zero attached hydrogens (tertiary/aromatic N) is 4. The van der Waals surface area contributed by atoms with Gasteiger partial charge in [-0.05, 0) is 52.4 Å². The first-order chi connectivity index (χ1) is 6.68. The van der Waals surface area contributed by atoms with Crippen LogP contribution >= 0.6 is 22.6 Å². The highest BCUT2D eigenvalue weighted by Gasteiger charge is 2.05. The van der Waals surface area contributed by atoms with Crippen LogP contribution in [0.15, 0.2) is 18.5 Å². The minimum Gasteiger partial charge on any atom is -0.398 e. The van der Waals surface area contributed by atoms with Gasteiger partial charge in [0.1, 0.15) is 0 Å². The van der Waals surface area contributed by atoms with Crippen LogP contribution in [0.2, 0.25) is 0 Å². The van der Waals surface area contributed by atoms with Crippen molar-refractivity contribution < 1.29 is 0 Å². The summed E-state index contributed by atoms with van der Waals surface area (Å²) < 4.78 is 0.995. The Hall–Kier alpha value is -1.18. The maximum absolute atomic E-state index is 5.83. The monoisotopic (exact) mass is 301 g/mol. The molecule has 0 spiro atoms. The first-order valence-electron chi connectivity index (χ1n) is 3.97. The summed E-state index contributed by atoms with van der Waals surface area (Å²) in [5.74, 6) is 0. The average molecular weight is 301 g/mol. The quantitative estimate of drug-likeness (QED) is 0.634. The van der Waals surface area contributed by atoms with E-state index >= 15 is 0 Å². The van der Waals surface area contributed by atoms with Crippen LogP contribution in [0, 0.1) is 10.5 Å². The molecule has 6 heteroatoms. The fourth-order valence-corrected chi connectivity index (χ4v) is 1.88. The Bertz CT molecular complexity index is 428. The Labute approximate surface area is 94.4 Å². The molecule has 0 aliphatic rings. The molecule has 0 aliphatic heterocycles. The smallest absolute Gasteiger partial charge is 0.162 e. The van der Waals surface area contributed by atoms with Crippen molar-refractivity contribution in [3.05, 3.63) is 27.6 Å². The summed E-state index contributed by atoms with van der Waals surface area (Å²) in [4.78, 5) is 1.47. The highest BCUT2D eigenvalue weighted by Crippen LogP contribution is 2.22. The molecule has 5 nitrogen and oxygen atoms in total. The number of benzene rings is 1. The lowest BCUT2D eigenvalue weighted by Gasteiger charge is -2.05. The van der Waals surface area contributed by atoms with Crippen LogP contribution in [0.25, 0.3) is 5.69 Å². The van der Waals surface area contributed by atoms with E-state index in [0.29, 0.717) is 0 Å². The molecular weight excluding hydrogens is 293 g/mol. The second-order valence-electron chi connectivity index (χ2n) is 2.88. The van der Waals surface area contributed by atoms with Gasteiger partial charge in [0.05, 0.1) is 5.69 Å². The Morgan fingerprint density at radius 3 is 2.79 bits per heavy atom. The van der Waals surface area contributed by atoms with E-state index in [9.17, 15) is 0 Å². The first-order valence-corrected chi connectivity index (χ1v) is 5.05. The number of nitrogens with two attached hydrogens (primary N) is 1. The van der Waals surface area contributed by atoms with Gasteiger partial charge in [0, 0.05) is 9.26 Å². The predicted octanol–water partition coefficient (Wildman–Crippen LogP) is 1.16. The molecule has 2 N–H and O–H groups in total. The molecule has 0 amide bonds. The summed E-state index contributed by atoms with van der Waals surface area (Å²) in [5.41, 5.74) is 8.52. The minimum atomic E-state index is 0.800. The lowest BCUT2D eigenvalue weighted by Crippen LogP contribution is -2.02. The molecule has 14 heavy (non-hydrogen) atoms. The van der Waals surface area contributed by atoms with Gasteiger partial charge < -0.3 is 5.73 Å². The highest BCUT2D eigenvalue weighted by molar-refractivity contribution is 14.1. The predicted molar refractivity (Wildman–Crippen MR) is 61.0 cm³/mol. The molecule has 0 saturated carbocycles. The third-order valence-corrected chi connectivity index (χ3v) is 2.79. The van der Waals surface area contributed by atoms with Gasteiger partial charge in [0.25, 0.3) is 0 Å². The average Bonchev–Trinajstić information content (AvgIpc) is 2.66. The van der Waals surface area contributed by atoms with Gasteiger partial charge in [-0.3, -0.25) is 0 Å². The van der Waals surface area contributed by atoms with E-state index in [4.69, 9.17) is 5.73 Å². The topological polar surface area (TPSA) is 69.6 Å². The third kappa shape index (κ3) is 1.57. The van der Waals surface area contributed by atoms with Crippen LogP contribution in [0.3, 0.4) is 0 Å². The SMILES string of the molecule is Cc1cc(-n2ncnn2)cc(I)c1N. The van der Waals surface area contributed by atoms with Gasteiger partial charge in [-0.25, -0.2) is 0 Å². The number of tetrazole rings is 1. The summed E-state index contributed by atoms with van der Waals surface area (Å²) >= 11 is 2.19. The van der Waals surface area contributed by atoms with Gasteiger partial charge >= 0.3 is 0 Å². The van der Waals surface area contributed by atoms with Crippen LogP contribution in [0.1, 0.15) is 5.56 Å². The molecule has 0 saturated heterocycles. The van der Waals surface area contributed by atoms with E-state index in [1.807, 2.05) is 19.1 Å². The number of nitrogen functional groups attached to an aromatic ring is 1. The van der Waals surface area contributed by atoms with Crippen LogP contribution in [-0.4, -0.2) is 20.2 Å². The normalized spacial score (nSPS) is 10.4. The molecule has 2 aromatic rings. The fourth-order valence-electron chi connectivity index (χ4n) is 1.14. The number of hydrogen-bond acceptors (Lipinski definition) is 4. The van der Waals surface area contributed by atoms with Crippen LogP contribution < -0.4 is 5.73 Å². The lowest BCUT2D eigenvalue weighted by atomic mass is 10.2. The van der Waals surface area contributed by atoms with E-state index in [2.05, 4.69) is 38.0 Å². The highest BCUT2D eigenvalue weighted by atomic mass is 127. The van der Waals surface area contributed by atoms with Gasteiger partial charge in [0.15, 0.2) is 6.33 Å². The fraction of sp³-hybridized carbons (Fsp3) is 0.125. The van der Waals surface area contributed by atoms with Gasteiger partial charge in [-0.2, -0.15) is 0 Å². The van der Waals surface area contributed by atoms with Crippen LogP contribution in [0.4, 0.5) is 5.69 Å². The second-order valence-corrected chi connectivity index (χ2v) is 4.05. The zero-order valence-electron chi connectivity index (χ0n) is 7.48. The molecule has 2 rings (SSSR count). The standard InChI is InChI=1S/C8H8IN5/c1-5-2-6(3-7(9)8(5)10)14-12-4-11-13-14/h2-4H,10H2,1H3. The zero-order chi connectivity index (χ0) is 10.1. The van der Waals surface area contributed by atoms with Crippen LogP contribution in [0.5, 0.6) is 0 Å². The molecule has 0 bridgehead atoms. The Morgan fingerprint density at radius 2 is 2.21 bits per heavy atom. The Morgan fingerprint density at radius 1 is 1.43 bits per heavy atom. The summed E-state index contributed by atoms with van der Waals surface area (Å²) in [7, 11) is 0. The van der Waals surface area contributed by atoms with Crippen LogP contribution in [-0.2, 0) is 0 Å². The number of halogens is 1. The second kappa shape index (κ2) is 3.52. The minimum absolute atomic E-state index is 0.800. The zero-order valence-corrected chi connectivity index (χ0v) is 9.63. The summed E-state index contributed by atoms with van der Waals surface area (Å²) in [6, 6.07) is 3.85. The maximum atomic E-state index is 5.83. The largest absolute Gasteiger partial charge is 0.398 e. The molecule has 0 radical (unpaired) electrons. The van der Waals surface area contributed by atoms with E-state index in [1.54, 1.807) is 0 Å². The number of hydrogen-bond donors (Lipinski definition) is 1.